The standard InChI is InChI=1S/C13H17NO5/c1-3-14(8(2)4-12(17)18)13(19)9-5-10(15)7-11(16)6-9/h5-8,15-16H,3-4H2,1-2H3,(H,17,18). The first-order chi connectivity index (χ1) is 8.85. The van der Waals surface area contributed by atoms with E-state index in [0.29, 0.717) is 6.54 Å². The predicted molar refractivity (Wildman–Crippen MR) is 68.2 cm³/mol. The van der Waals surface area contributed by atoms with Crippen molar-refractivity contribution in [3.05, 3.63) is 23.8 Å². The first-order valence-corrected chi connectivity index (χ1v) is 5.91. The number of carboxylic acids is 1. The Morgan fingerprint density at radius 3 is 2.16 bits per heavy atom. The third kappa shape index (κ3) is 3.87. The number of rotatable bonds is 5. The lowest BCUT2D eigenvalue weighted by atomic mass is 10.1. The highest BCUT2D eigenvalue weighted by Gasteiger charge is 2.22. The van der Waals surface area contributed by atoms with Gasteiger partial charge >= 0.3 is 5.97 Å². The average molecular weight is 267 g/mol. The molecule has 1 unspecified atom stereocenters. The molecular weight excluding hydrogens is 250 g/mol. The first kappa shape index (κ1) is 14.8. The van der Waals surface area contributed by atoms with Crippen LogP contribution in [0.3, 0.4) is 0 Å². The first-order valence-electron chi connectivity index (χ1n) is 5.91. The molecule has 0 aromatic heterocycles. The zero-order valence-electron chi connectivity index (χ0n) is 10.8. The van der Waals surface area contributed by atoms with Crippen molar-refractivity contribution in [3.8, 4) is 11.5 Å². The van der Waals surface area contributed by atoms with E-state index in [2.05, 4.69) is 0 Å². The second kappa shape index (κ2) is 6.08. The summed E-state index contributed by atoms with van der Waals surface area (Å²) in [7, 11) is 0. The molecule has 0 heterocycles. The van der Waals surface area contributed by atoms with E-state index in [1.54, 1.807) is 13.8 Å². The van der Waals surface area contributed by atoms with E-state index in [9.17, 15) is 19.8 Å². The predicted octanol–water partition coefficient (Wildman–Crippen LogP) is 1.42. The molecule has 0 bridgehead atoms. The number of phenols is 2. The number of carbonyl (C=O) groups is 2. The molecule has 1 atom stereocenters. The van der Waals surface area contributed by atoms with Gasteiger partial charge in [-0.25, -0.2) is 0 Å². The van der Waals surface area contributed by atoms with Gasteiger partial charge in [-0.2, -0.15) is 0 Å². The molecule has 6 nitrogen and oxygen atoms in total. The largest absolute Gasteiger partial charge is 0.508 e. The fourth-order valence-electron chi connectivity index (χ4n) is 1.90. The van der Waals surface area contributed by atoms with Gasteiger partial charge in [0.15, 0.2) is 0 Å². The van der Waals surface area contributed by atoms with Crippen LogP contribution in [0.5, 0.6) is 11.5 Å². The van der Waals surface area contributed by atoms with Crippen LogP contribution < -0.4 is 0 Å². The molecule has 1 aromatic carbocycles. The van der Waals surface area contributed by atoms with Crippen LogP contribution in [0.2, 0.25) is 0 Å². The number of carbonyl (C=O) groups excluding carboxylic acids is 1. The fraction of sp³-hybridized carbons (Fsp3) is 0.385. The third-order valence-corrected chi connectivity index (χ3v) is 2.75. The quantitative estimate of drug-likeness (QED) is 0.749. The van der Waals surface area contributed by atoms with Crippen LogP contribution in [-0.2, 0) is 4.79 Å². The van der Waals surface area contributed by atoms with Gasteiger partial charge in [0.25, 0.3) is 5.91 Å². The summed E-state index contributed by atoms with van der Waals surface area (Å²) in [6.07, 6.45) is -0.162. The summed E-state index contributed by atoms with van der Waals surface area (Å²) in [5.41, 5.74) is 0.122. The van der Waals surface area contributed by atoms with Gasteiger partial charge in [0, 0.05) is 24.2 Å². The summed E-state index contributed by atoms with van der Waals surface area (Å²) in [5.74, 6) is -1.85. The van der Waals surface area contributed by atoms with Gasteiger partial charge in [-0.05, 0) is 26.0 Å². The second-order valence-corrected chi connectivity index (χ2v) is 4.28. The Hall–Kier alpha value is -2.24. The smallest absolute Gasteiger partial charge is 0.305 e. The molecule has 0 radical (unpaired) electrons. The highest BCUT2D eigenvalue weighted by molar-refractivity contribution is 5.95. The SMILES string of the molecule is CCN(C(=O)c1cc(O)cc(O)c1)C(C)CC(=O)O. The topological polar surface area (TPSA) is 98.1 Å². The summed E-state index contributed by atoms with van der Waals surface area (Å²) >= 11 is 0. The van der Waals surface area contributed by atoms with Crippen molar-refractivity contribution in [2.75, 3.05) is 6.54 Å². The van der Waals surface area contributed by atoms with Crippen molar-refractivity contribution in [2.45, 2.75) is 26.3 Å². The normalized spacial score (nSPS) is 11.9. The number of amides is 1. The molecule has 104 valence electrons. The van der Waals surface area contributed by atoms with Crippen LogP contribution in [-0.4, -0.2) is 44.7 Å². The van der Waals surface area contributed by atoms with Crippen LogP contribution >= 0.6 is 0 Å². The Labute approximate surface area is 110 Å². The Bertz CT molecular complexity index is 466. The Kier molecular flexibility index (Phi) is 4.74. The summed E-state index contributed by atoms with van der Waals surface area (Å²) < 4.78 is 0. The molecular formula is C13H17NO5. The number of nitrogens with zero attached hydrogens (tertiary/aromatic N) is 1. The maximum absolute atomic E-state index is 12.2. The van der Waals surface area contributed by atoms with Gasteiger partial charge in [-0.3, -0.25) is 9.59 Å². The summed E-state index contributed by atoms with van der Waals surface area (Å²) in [6.45, 7) is 3.71. The molecule has 19 heavy (non-hydrogen) atoms. The number of aromatic hydroxyl groups is 2. The highest BCUT2D eigenvalue weighted by atomic mass is 16.4. The lowest BCUT2D eigenvalue weighted by Crippen LogP contribution is -2.39. The third-order valence-electron chi connectivity index (χ3n) is 2.75. The van der Waals surface area contributed by atoms with Crippen molar-refractivity contribution < 1.29 is 24.9 Å². The van der Waals surface area contributed by atoms with Crippen LogP contribution in [0, 0.1) is 0 Å². The Morgan fingerprint density at radius 1 is 1.21 bits per heavy atom. The van der Waals surface area contributed by atoms with E-state index in [1.165, 1.54) is 17.0 Å². The van der Waals surface area contributed by atoms with Crippen LogP contribution in [0.4, 0.5) is 0 Å². The molecule has 1 aromatic rings. The van der Waals surface area contributed by atoms with Gasteiger partial charge in [0.1, 0.15) is 11.5 Å². The maximum atomic E-state index is 12.2. The van der Waals surface area contributed by atoms with E-state index >= 15 is 0 Å². The molecule has 0 aliphatic rings. The van der Waals surface area contributed by atoms with Gasteiger partial charge in [0.2, 0.25) is 0 Å². The maximum Gasteiger partial charge on any atom is 0.305 e. The Balaban J connectivity index is 2.97. The fourth-order valence-corrected chi connectivity index (χ4v) is 1.90. The lowest BCUT2D eigenvalue weighted by molar-refractivity contribution is -0.138. The van der Waals surface area contributed by atoms with Gasteiger partial charge in [-0.15, -0.1) is 0 Å². The molecule has 0 spiro atoms. The monoisotopic (exact) mass is 267 g/mol. The molecule has 0 aliphatic heterocycles. The van der Waals surface area contributed by atoms with E-state index < -0.39 is 17.9 Å². The van der Waals surface area contributed by atoms with E-state index in [-0.39, 0.29) is 23.5 Å². The number of phenolic OH excluding ortho intramolecular Hbond substituents is 2. The zero-order valence-corrected chi connectivity index (χ0v) is 10.8. The van der Waals surface area contributed by atoms with Gasteiger partial charge < -0.3 is 20.2 Å². The van der Waals surface area contributed by atoms with Crippen molar-refractivity contribution in [1.29, 1.82) is 0 Å². The van der Waals surface area contributed by atoms with Crippen LogP contribution in [0.1, 0.15) is 30.6 Å². The van der Waals surface area contributed by atoms with Gasteiger partial charge in [0.05, 0.1) is 6.42 Å². The summed E-state index contributed by atoms with van der Waals surface area (Å²) in [4.78, 5) is 24.3. The van der Waals surface area contributed by atoms with Crippen LogP contribution in [0.25, 0.3) is 0 Å². The molecule has 0 saturated carbocycles. The zero-order chi connectivity index (χ0) is 14.6. The highest BCUT2D eigenvalue weighted by Crippen LogP contribution is 2.22. The minimum Gasteiger partial charge on any atom is -0.508 e. The minimum atomic E-state index is -0.988. The molecule has 0 fully saturated rings. The van der Waals surface area contributed by atoms with Crippen LogP contribution in [0.15, 0.2) is 18.2 Å². The second-order valence-electron chi connectivity index (χ2n) is 4.28. The number of hydrogen-bond donors (Lipinski definition) is 3. The molecule has 0 aliphatic carbocycles. The van der Waals surface area contributed by atoms with Crippen molar-refractivity contribution in [3.63, 3.8) is 0 Å². The van der Waals surface area contributed by atoms with E-state index in [0.717, 1.165) is 6.07 Å². The molecule has 6 heteroatoms. The van der Waals surface area contributed by atoms with Gasteiger partial charge in [-0.1, -0.05) is 0 Å². The molecule has 3 N–H and O–H groups in total. The average Bonchev–Trinajstić information content (AvgIpc) is 2.27. The lowest BCUT2D eigenvalue weighted by Gasteiger charge is -2.27. The number of hydrogen-bond acceptors (Lipinski definition) is 4. The number of benzene rings is 1. The molecule has 0 saturated heterocycles. The molecule has 1 rings (SSSR count). The van der Waals surface area contributed by atoms with E-state index in [1.807, 2.05) is 0 Å². The number of carboxylic acid groups (broad SMARTS) is 1. The van der Waals surface area contributed by atoms with Crippen molar-refractivity contribution >= 4 is 11.9 Å². The minimum absolute atomic E-state index is 0.122. The van der Waals surface area contributed by atoms with E-state index in [4.69, 9.17) is 5.11 Å². The summed E-state index contributed by atoms with van der Waals surface area (Å²) in [6, 6.07) is 3.11. The number of aliphatic carboxylic acids is 1. The Morgan fingerprint density at radius 2 is 1.74 bits per heavy atom. The van der Waals surface area contributed by atoms with Crippen molar-refractivity contribution in [2.24, 2.45) is 0 Å². The van der Waals surface area contributed by atoms with Crippen molar-refractivity contribution in [1.82, 2.24) is 4.90 Å². The molecule has 1 amide bonds. The summed E-state index contributed by atoms with van der Waals surface area (Å²) in [5, 5.41) is 27.5.